The number of benzene rings is 1. The average molecular weight is 376 g/mol. The van der Waals surface area contributed by atoms with Gasteiger partial charge in [-0.05, 0) is 25.5 Å². The number of amides is 1. The van der Waals surface area contributed by atoms with Gasteiger partial charge < -0.3 is 9.47 Å². The number of ether oxygens (including phenoxy) is 2. The topological polar surface area (TPSA) is 94.1 Å². The molecule has 1 atom stereocenters. The van der Waals surface area contributed by atoms with Gasteiger partial charge in [0.1, 0.15) is 0 Å². The summed E-state index contributed by atoms with van der Waals surface area (Å²) in [6, 6.07) is 4.51. The number of hydrazone groups is 1. The molecule has 0 unspecified atom stereocenters. The summed E-state index contributed by atoms with van der Waals surface area (Å²) in [4.78, 5) is 11.9. The molecule has 0 aromatic heterocycles. The van der Waals surface area contributed by atoms with Gasteiger partial charge in [0, 0.05) is 5.56 Å². The number of halogens is 2. The van der Waals surface area contributed by atoms with Gasteiger partial charge in [-0.3, -0.25) is 4.79 Å². The van der Waals surface area contributed by atoms with E-state index in [-0.39, 0.29) is 41.6 Å². The third kappa shape index (κ3) is 5.38. The minimum Gasteiger partial charge on any atom is -0.490 e. The van der Waals surface area contributed by atoms with Crippen LogP contribution in [0.15, 0.2) is 23.3 Å². The highest BCUT2D eigenvalue weighted by molar-refractivity contribution is 7.91. The number of sulfone groups is 1. The lowest BCUT2D eigenvalue weighted by Gasteiger charge is -2.13. The number of carbonyl (C=O) groups is 1. The molecule has 7 nitrogen and oxygen atoms in total. The molecule has 1 amide bonds. The fraction of sp³-hybridized carbons (Fsp3) is 0.467. The maximum Gasteiger partial charge on any atom is 0.387 e. The number of nitrogens with zero attached hydrogens (tertiary/aromatic N) is 1. The third-order valence-electron chi connectivity index (χ3n) is 3.50. The number of para-hydroxylation sites is 1. The number of rotatable bonds is 7. The van der Waals surface area contributed by atoms with E-state index in [4.69, 9.17) is 4.74 Å². The van der Waals surface area contributed by atoms with Gasteiger partial charge >= 0.3 is 6.61 Å². The molecule has 0 bridgehead atoms. The third-order valence-corrected chi connectivity index (χ3v) is 5.27. The predicted octanol–water partition coefficient (Wildman–Crippen LogP) is 1.57. The first-order valence-corrected chi connectivity index (χ1v) is 9.38. The first-order valence-electron chi connectivity index (χ1n) is 7.56. The van der Waals surface area contributed by atoms with Crippen molar-refractivity contribution in [1.82, 2.24) is 5.43 Å². The van der Waals surface area contributed by atoms with Crippen molar-refractivity contribution in [2.45, 2.75) is 20.0 Å². The Bertz CT molecular complexity index is 752. The monoisotopic (exact) mass is 376 g/mol. The van der Waals surface area contributed by atoms with Crippen LogP contribution < -0.4 is 14.9 Å². The van der Waals surface area contributed by atoms with Crippen LogP contribution in [0.1, 0.15) is 18.9 Å². The molecule has 1 aromatic carbocycles. The van der Waals surface area contributed by atoms with E-state index in [2.05, 4.69) is 15.3 Å². The first kappa shape index (κ1) is 19.1. The number of alkyl halides is 2. The molecule has 0 radical (unpaired) electrons. The van der Waals surface area contributed by atoms with Gasteiger partial charge in [-0.15, -0.1) is 0 Å². The van der Waals surface area contributed by atoms with E-state index < -0.39 is 28.3 Å². The van der Waals surface area contributed by atoms with Gasteiger partial charge in [-0.1, -0.05) is 6.07 Å². The Morgan fingerprint density at radius 2 is 2.24 bits per heavy atom. The Hall–Kier alpha value is -2.23. The molecular weight excluding hydrogens is 358 g/mol. The minimum atomic E-state index is -3.18. The molecule has 1 aliphatic heterocycles. The van der Waals surface area contributed by atoms with Crippen LogP contribution in [0.2, 0.25) is 0 Å². The predicted molar refractivity (Wildman–Crippen MR) is 86.7 cm³/mol. The zero-order valence-corrected chi connectivity index (χ0v) is 14.3. The largest absolute Gasteiger partial charge is 0.490 e. The zero-order valence-electron chi connectivity index (χ0n) is 13.4. The van der Waals surface area contributed by atoms with E-state index in [1.54, 1.807) is 13.0 Å². The molecule has 138 valence electrons. The summed E-state index contributed by atoms with van der Waals surface area (Å²) in [5.74, 6) is -1.50. The average Bonchev–Trinajstić information content (AvgIpc) is 2.90. The molecule has 1 heterocycles. The van der Waals surface area contributed by atoms with Gasteiger partial charge in [0.15, 0.2) is 21.3 Å². The summed E-state index contributed by atoms with van der Waals surface area (Å²) >= 11 is 0. The zero-order chi connectivity index (χ0) is 18.4. The molecule has 1 aromatic rings. The van der Waals surface area contributed by atoms with E-state index in [9.17, 15) is 22.0 Å². The van der Waals surface area contributed by atoms with Crippen molar-refractivity contribution in [1.29, 1.82) is 0 Å². The van der Waals surface area contributed by atoms with Crippen LogP contribution in [0, 0.1) is 5.92 Å². The number of hydrogen-bond donors (Lipinski definition) is 1. The van der Waals surface area contributed by atoms with Crippen molar-refractivity contribution < 1.29 is 31.5 Å². The highest BCUT2D eigenvalue weighted by Crippen LogP contribution is 2.31. The maximum absolute atomic E-state index is 12.6. The van der Waals surface area contributed by atoms with Gasteiger partial charge in [0.2, 0.25) is 5.91 Å². The van der Waals surface area contributed by atoms with Crippen LogP contribution in [0.25, 0.3) is 0 Å². The Labute approximate surface area is 143 Å². The van der Waals surface area contributed by atoms with Crippen LogP contribution in [-0.2, 0) is 14.6 Å². The van der Waals surface area contributed by atoms with E-state index in [0.717, 1.165) is 6.21 Å². The lowest BCUT2D eigenvalue weighted by molar-refractivity contribution is -0.124. The highest BCUT2D eigenvalue weighted by Gasteiger charge is 2.32. The number of carbonyl (C=O) groups excluding carboxylic acids is 1. The van der Waals surface area contributed by atoms with Gasteiger partial charge in [0.25, 0.3) is 0 Å². The molecule has 10 heteroatoms. The van der Waals surface area contributed by atoms with E-state index in [1.807, 2.05) is 0 Å². The normalized spacial score (nSPS) is 19.3. The summed E-state index contributed by atoms with van der Waals surface area (Å²) in [6.07, 6.45) is 1.38. The molecule has 0 spiro atoms. The molecule has 25 heavy (non-hydrogen) atoms. The Balaban J connectivity index is 2.09. The molecule has 1 saturated heterocycles. The minimum absolute atomic E-state index is 0.0302. The van der Waals surface area contributed by atoms with Crippen molar-refractivity contribution in [2.75, 3.05) is 18.1 Å². The van der Waals surface area contributed by atoms with Crippen molar-refractivity contribution in [3.63, 3.8) is 0 Å². The Kier molecular flexibility index (Phi) is 6.29. The Morgan fingerprint density at radius 1 is 1.48 bits per heavy atom. The van der Waals surface area contributed by atoms with Crippen LogP contribution in [0.4, 0.5) is 8.78 Å². The van der Waals surface area contributed by atoms with Crippen LogP contribution in [-0.4, -0.2) is 45.3 Å². The fourth-order valence-electron chi connectivity index (χ4n) is 2.38. The van der Waals surface area contributed by atoms with Gasteiger partial charge in [0.05, 0.1) is 30.2 Å². The summed E-state index contributed by atoms with van der Waals surface area (Å²) in [5, 5.41) is 3.70. The fourth-order valence-corrected chi connectivity index (χ4v) is 4.12. The second kappa shape index (κ2) is 8.24. The van der Waals surface area contributed by atoms with Crippen molar-refractivity contribution in [3.8, 4) is 11.5 Å². The molecular formula is C15H18F2N2O5S. The molecule has 1 fully saturated rings. The molecule has 0 saturated carbocycles. The number of nitrogens with one attached hydrogen (secondary N) is 1. The van der Waals surface area contributed by atoms with E-state index in [0.29, 0.717) is 0 Å². The molecule has 2 rings (SSSR count). The summed E-state index contributed by atoms with van der Waals surface area (Å²) in [6.45, 7) is -1.09. The van der Waals surface area contributed by atoms with Gasteiger partial charge in [-0.25, -0.2) is 13.8 Å². The van der Waals surface area contributed by atoms with E-state index >= 15 is 0 Å². The first-order chi connectivity index (χ1) is 11.8. The SMILES string of the molecule is CCOc1cccc(/C=N\NC(=O)[C@H]2CCS(=O)(=O)C2)c1OC(F)F. The van der Waals surface area contributed by atoms with Crippen LogP contribution >= 0.6 is 0 Å². The number of hydrogen-bond acceptors (Lipinski definition) is 6. The second-order valence-corrected chi connectivity index (χ2v) is 7.55. The lowest BCUT2D eigenvalue weighted by atomic mass is 10.1. The maximum atomic E-state index is 12.6. The summed E-state index contributed by atoms with van der Waals surface area (Å²) in [5.41, 5.74) is 2.41. The van der Waals surface area contributed by atoms with Crippen molar-refractivity contribution in [3.05, 3.63) is 23.8 Å². The molecule has 0 aliphatic carbocycles. The molecule has 1 N–H and O–H groups in total. The standard InChI is InChI=1S/C15H18F2N2O5S/c1-2-23-12-5-3-4-10(13(12)24-15(16)17)8-18-19-14(20)11-6-7-25(21,22)9-11/h3-5,8,11,15H,2,6-7,9H2,1H3,(H,19,20)/b18-8-/t11-/m0/s1. The van der Waals surface area contributed by atoms with Crippen LogP contribution in [0.5, 0.6) is 11.5 Å². The highest BCUT2D eigenvalue weighted by atomic mass is 32.2. The molecule has 1 aliphatic rings. The smallest absolute Gasteiger partial charge is 0.387 e. The van der Waals surface area contributed by atoms with Crippen molar-refractivity contribution >= 4 is 22.0 Å². The van der Waals surface area contributed by atoms with Gasteiger partial charge in [-0.2, -0.15) is 13.9 Å². The van der Waals surface area contributed by atoms with Crippen molar-refractivity contribution in [2.24, 2.45) is 11.0 Å². The lowest BCUT2D eigenvalue weighted by Crippen LogP contribution is -2.27. The second-order valence-electron chi connectivity index (χ2n) is 5.32. The van der Waals surface area contributed by atoms with E-state index in [1.165, 1.54) is 12.1 Å². The quantitative estimate of drug-likeness (QED) is 0.576. The Morgan fingerprint density at radius 3 is 2.84 bits per heavy atom. The summed E-state index contributed by atoms with van der Waals surface area (Å²) < 4.78 is 57.6. The van der Waals surface area contributed by atoms with Crippen LogP contribution in [0.3, 0.4) is 0 Å². The summed E-state index contributed by atoms with van der Waals surface area (Å²) in [7, 11) is -3.18.